The molecule has 2 aromatic rings. The van der Waals surface area contributed by atoms with Crippen LogP contribution in [-0.4, -0.2) is 18.8 Å². The van der Waals surface area contributed by atoms with E-state index < -0.39 is 0 Å². The second kappa shape index (κ2) is 7.09. The number of para-hydroxylation sites is 1. The first-order valence-corrected chi connectivity index (χ1v) is 7.04. The van der Waals surface area contributed by atoms with Crippen LogP contribution in [0.15, 0.2) is 36.4 Å². The molecule has 0 bridgehead atoms. The fraction of sp³-hybridized carbons (Fsp3) is 0.250. The number of hydrogen-bond donors (Lipinski definition) is 2. The molecular weight excluding hydrogens is 290 g/mol. The highest BCUT2D eigenvalue weighted by atomic mass is 35.5. The van der Waals surface area contributed by atoms with E-state index >= 15 is 0 Å². The molecule has 112 valence electrons. The third kappa shape index (κ3) is 3.73. The average Bonchev–Trinajstić information content (AvgIpc) is 2.49. The second-order valence-corrected chi connectivity index (χ2v) is 4.83. The van der Waals surface area contributed by atoms with E-state index in [9.17, 15) is 5.11 Å². The Morgan fingerprint density at radius 1 is 1.19 bits per heavy atom. The van der Waals surface area contributed by atoms with Gasteiger partial charge in [-0.2, -0.15) is 0 Å². The maximum atomic E-state index is 10.1. The summed E-state index contributed by atoms with van der Waals surface area (Å²) in [7, 11) is 1.52. The topological polar surface area (TPSA) is 50.7 Å². The van der Waals surface area contributed by atoms with Crippen molar-refractivity contribution >= 4 is 17.3 Å². The number of hydrogen-bond acceptors (Lipinski definition) is 4. The van der Waals surface area contributed by atoms with Crippen molar-refractivity contribution in [3.63, 3.8) is 0 Å². The van der Waals surface area contributed by atoms with Gasteiger partial charge in [0.25, 0.3) is 0 Å². The molecule has 0 saturated carbocycles. The van der Waals surface area contributed by atoms with Crippen LogP contribution in [0.4, 0.5) is 5.69 Å². The van der Waals surface area contributed by atoms with Gasteiger partial charge in [0, 0.05) is 17.1 Å². The third-order valence-corrected chi connectivity index (χ3v) is 3.25. The molecule has 0 amide bonds. The number of ether oxygens (including phenoxy) is 2. The number of aromatic hydroxyl groups is 1. The van der Waals surface area contributed by atoms with Gasteiger partial charge in [-0.15, -0.1) is 0 Å². The first-order chi connectivity index (χ1) is 10.2. The van der Waals surface area contributed by atoms with E-state index in [1.165, 1.54) is 7.11 Å². The smallest absolute Gasteiger partial charge is 0.162 e. The minimum absolute atomic E-state index is 0.132. The van der Waals surface area contributed by atoms with Gasteiger partial charge in [-0.3, -0.25) is 0 Å². The Morgan fingerprint density at radius 2 is 2.00 bits per heavy atom. The number of halogens is 1. The van der Waals surface area contributed by atoms with Crippen LogP contribution in [0.1, 0.15) is 12.5 Å². The maximum absolute atomic E-state index is 10.1. The van der Waals surface area contributed by atoms with Crippen molar-refractivity contribution in [1.29, 1.82) is 0 Å². The van der Waals surface area contributed by atoms with Gasteiger partial charge in [0.15, 0.2) is 11.5 Å². The number of phenolic OH excluding ortho intramolecular Hbond substituents is 1. The minimum Gasteiger partial charge on any atom is -0.504 e. The Kier molecular flexibility index (Phi) is 5.17. The van der Waals surface area contributed by atoms with Crippen molar-refractivity contribution in [3.8, 4) is 17.2 Å². The van der Waals surface area contributed by atoms with Crippen molar-refractivity contribution in [2.45, 2.75) is 13.5 Å². The Hall–Kier alpha value is -2.07. The second-order valence-electron chi connectivity index (χ2n) is 4.40. The van der Waals surface area contributed by atoms with Gasteiger partial charge >= 0.3 is 0 Å². The molecule has 0 unspecified atom stereocenters. The number of nitrogens with one attached hydrogen (secondary N) is 1. The van der Waals surface area contributed by atoms with E-state index in [-0.39, 0.29) is 5.75 Å². The highest BCUT2D eigenvalue weighted by molar-refractivity contribution is 6.30. The quantitative estimate of drug-likeness (QED) is 0.845. The predicted octanol–water partition coefficient (Wildman–Crippen LogP) is 4.07. The molecule has 0 heterocycles. The van der Waals surface area contributed by atoms with Gasteiger partial charge in [-0.25, -0.2) is 0 Å². The van der Waals surface area contributed by atoms with E-state index in [0.29, 0.717) is 23.9 Å². The third-order valence-electron chi connectivity index (χ3n) is 3.01. The van der Waals surface area contributed by atoms with Gasteiger partial charge < -0.3 is 19.9 Å². The van der Waals surface area contributed by atoms with Gasteiger partial charge in [-0.1, -0.05) is 23.7 Å². The molecule has 2 N–H and O–H groups in total. The molecule has 0 spiro atoms. The van der Waals surface area contributed by atoms with Crippen LogP contribution in [0.2, 0.25) is 5.02 Å². The summed E-state index contributed by atoms with van der Waals surface area (Å²) in [5.41, 5.74) is 1.52. The van der Waals surface area contributed by atoms with Crippen LogP contribution >= 0.6 is 11.6 Å². The average molecular weight is 308 g/mol. The summed E-state index contributed by atoms with van der Waals surface area (Å²) in [6.45, 7) is 2.93. The molecule has 0 aliphatic rings. The van der Waals surface area contributed by atoms with Gasteiger partial charge in [-0.05, 0) is 31.2 Å². The number of phenols is 1. The first kappa shape index (κ1) is 15.3. The summed E-state index contributed by atoms with van der Waals surface area (Å²) < 4.78 is 10.6. The number of methoxy groups -OCH3 is 1. The number of rotatable bonds is 6. The summed E-state index contributed by atoms with van der Waals surface area (Å²) in [5.74, 6) is 1.31. The van der Waals surface area contributed by atoms with E-state index in [4.69, 9.17) is 21.1 Å². The van der Waals surface area contributed by atoms with Gasteiger partial charge in [0.2, 0.25) is 0 Å². The molecule has 21 heavy (non-hydrogen) atoms. The molecule has 0 saturated heterocycles. The van der Waals surface area contributed by atoms with Crippen LogP contribution in [-0.2, 0) is 6.54 Å². The molecule has 0 aliphatic carbocycles. The van der Waals surface area contributed by atoms with E-state index in [0.717, 1.165) is 17.0 Å². The Bertz CT molecular complexity index is 616. The van der Waals surface area contributed by atoms with E-state index in [1.54, 1.807) is 18.2 Å². The van der Waals surface area contributed by atoms with Crippen molar-refractivity contribution in [3.05, 3.63) is 47.0 Å². The van der Waals surface area contributed by atoms with Crippen molar-refractivity contribution in [2.75, 3.05) is 19.0 Å². The van der Waals surface area contributed by atoms with E-state index in [2.05, 4.69) is 5.32 Å². The Morgan fingerprint density at radius 3 is 2.71 bits per heavy atom. The summed E-state index contributed by atoms with van der Waals surface area (Å²) in [4.78, 5) is 0. The number of benzene rings is 2. The molecule has 4 nitrogen and oxygen atoms in total. The summed E-state index contributed by atoms with van der Waals surface area (Å²) in [6.07, 6.45) is 0. The zero-order chi connectivity index (χ0) is 15.2. The monoisotopic (exact) mass is 307 g/mol. The highest BCUT2D eigenvalue weighted by Crippen LogP contribution is 2.32. The fourth-order valence-electron chi connectivity index (χ4n) is 1.99. The molecule has 2 rings (SSSR count). The standard InChI is InChI=1S/C16H18ClNO3/c1-3-21-14-8-7-12(17)9-13(14)18-10-11-5-4-6-15(20-2)16(11)19/h4-9,18-19H,3,10H2,1-2H3. The molecule has 0 aliphatic heterocycles. The summed E-state index contributed by atoms with van der Waals surface area (Å²) in [5, 5.41) is 13.9. The molecule has 0 radical (unpaired) electrons. The SMILES string of the molecule is CCOc1ccc(Cl)cc1NCc1cccc(OC)c1O. The highest BCUT2D eigenvalue weighted by Gasteiger charge is 2.09. The van der Waals surface area contributed by atoms with Crippen molar-refractivity contribution in [1.82, 2.24) is 0 Å². The Balaban J connectivity index is 2.18. The lowest BCUT2D eigenvalue weighted by Crippen LogP contribution is -2.03. The molecule has 0 atom stereocenters. The predicted molar refractivity (Wildman–Crippen MR) is 84.6 cm³/mol. The van der Waals surface area contributed by atoms with Crippen LogP contribution in [0.5, 0.6) is 17.2 Å². The van der Waals surface area contributed by atoms with Crippen LogP contribution in [0, 0.1) is 0 Å². The van der Waals surface area contributed by atoms with E-state index in [1.807, 2.05) is 25.1 Å². The summed E-state index contributed by atoms with van der Waals surface area (Å²) in [6, 6.07) is 10.8. The zero-order valence-corrected chi connectivity index (χ0v) is 12.8. The molecular formula is C16H18ClNO3. The summed E-state index contributed by atoms with van der Waals surface area (Å²) >= 11 is 6.01. The largest absolute Gasteiger partial charge is 0.504 e. The van der Waals surface area contributed by atoms with Gasteiger partial charge in [0.1, 0.15) is 5.75 Å². The Labute approximate surface area is 129 Å². The maximum Gasteiger partial charge on any atom is 0.162 e. The zero-order valence-electron chi connectivity index (χ0n) is 12.0. The molecule has 0 aromatic heterocycles. The molecule has 2 aromatic carbocycles. The number of anilines is 1. The molecule has 0 fully saturated rings. The first-order valence-electron chi connectivity index (χ1n) is 6.66. The lowest BCUT2D eigenvalue weighted by molar-refractivity contribution is 0.341. The van der Waals surface area contributed by atoms with Crippen LogP contribution in [0.3, 0.4) is 0 Å². The fourth-order valence-corrected chi connectivity index (χ4v) is 2.16. The minimum atomic E-state index is 0.132. The van der Waals surface area contributed by atoms with Crippen LogP contribution < -0.4 is 14.8 Å². The normalized spacial score (nSPS) is 10.2. The van der Waals surface area contributed by atoms with Gasteiger partial charge in [0.05, 0.1) is 19.4 Å². The van der Waals surface area contributed by atoms with Crippen molar-refractivity contribution < 1.29 is 14.6 Å². The molecule has 5 heteroatoms. The lowest BCUT2D eigenvalue weighted by Gasteiger charge is -2.14. The lowest BCUT2D eigenvalue weighted by atomic mass is 10.1. The van der Waals surface area contributed by atoms with Crippen LogP contribution in [0.25, 0.3) is 0 Å². The van der Waals surface area contributed by atoms with Crippen molar-refractivity contribution in [2.24, 2.45) is 0 Å².